The van der Waals surface area contributed by atoms with Crippen molar-refractivity contribution < 1.29 is 4.74 Å². The highest BCUT2D eigenvalue weighted by molar-refractivity contribution is 7.99. The molecule has 0 spiro atoms. The fourth-order valence-corrected chi connectivity index (χ4v) is 2.66. The second kappa shape index (κ2) is 6.87. The summed E-state index contributed by atoms with van der Waals surface area (Å²) in [5.41, 5.74) is 0.276. The van der Waals surface area contributed by atoms with Gasteiger partial charge in [0.2, 0.25) is 0 Å². The summed E-state index contributed by atoms with van der Waals surface area (Å²) in [5.74, 6) is 1.16. The van der Waals surface area contributed by atoms with Crippen LogP contribution in [0.4, 0.5) is 0 Å². The van der Waals surface area contributed by atoms with Crippen LogP contribution in [0.15, 0.2) is 0 Å². The molecule has 0 saturated carbocycles. The zero-order valence-electron chi connectivity index (χ0n) is 11.2. The maximum Gasteiger partial charge on any atom is 0.0666 e. The molecule has 1 rings (SSSR count). The summed E-state index contributed by atoms with van der Waals surface area (Å²) in [6, 6.07) is 0. The molecule has 1 fully saturated rings. The van der Waals surface area contributed by atoms with Crippen LogP contribution in [0.5, 0.6) is 0 Å². The molecular formula is C13H27NOS. The molecule has 2 atom stereocenters. The van der Waals surface area contributed by atoms with Crippen LogP contribution in [0.2, 0.25) is 0 Å². The van der Waals surface area contributed by atoms with E-state index in [1.165, 1.54) is 19.3 Å². The van der Waals surface area contributed by atoms with Crippen molar-refractivity contribution in [1.82, 2.24) is 5.32 Å². The lowest BCUT2D eigenvalue weighted by Crippen LogP contribution is -2.41. The molecule has 0 aromatic rings. The lowest BCUT2D eigenvalue weighted by molar-refractivity contribution is 0.129. The van der Waals surface area contributed by atoms with Crippen molar-refractivity contribution in [3.63, 3.8) is 0 Å². The zero-order valence-corrected chi connectivity index (χ0v) is 12.0. The van der Waals surface area contributed by atoms with E-state index in [0.29, 0.717) is 11.4 Å². The molecule has 0 radical (unpaired) electrons. The molecule has 0 amide bonds. The first-order valence-corrected chi connectivity index (χ1v) is 7.56. The quantitative estimate of drug-likeness (QED) is 0.745. The summed E-state index contributed by atoms with van der Waals surface area (Å²) in [4.78, 5) is 0. The smallest absolute Gasteiger partial charge is 0.0666 e. The van der Waals surface area contributed by atoms with E-state index >= 15 is 0 Å². The van der Waals surface area contributed by atoms with E-state index in [0.717, 1.165) is 18.9 Å². The van der Waals surface area contributed by atoms with Gasteiger partial charge in [-0.2, -0.15) is 11.8 Å². The van der Waals surface area contributed by atoms with E-state index in [9.17, 15) is 0 Å². The second-order valence-electron chi connectivity index (χ2n) is 5.40. The number of ether oxygens (including phenoxy) is 1. The van der Waals surface area contributed by atoms with Gasteiger partial charge in [0.25, 0.3) is 0 Å². The first kappa shape index (κ1) is 14.3. The maximum atomic E-state index is 5.63. The number of hydrogen-bond donors (Lipinski definition) is 1. The van der Waals surface area contributed by atoms with Gasteiger partial charge in [0.05, 0.1) is 6.10 Å². The Labute approximate surface area is 105 Å². The van der Waals surface area contributed by atoms with Gasteiger partial charge in [-0.25, -0.2) is 0 Å². The standard InChI is InChI=1S/C13H27NOS/c1-5-13(3,4)14-9-11(2)16-10-12-7-6-8-15-12/h11-12,14H,5-10H2,1-4H3. The van der Waals surface area contributed by atoms with Gasteiger partial charge < -0.3 is 10.1 Å². The SMILES string of the molecule is CCC(C)(C)NCC(C)SCC1CCCO1. The van der Waals surface area contributed by atoms with Crippen molar-refractivity contribution in [3.8, 4) is 0 Å². The molecule has 1 saturated heterocycles. The molecule has 96 valence electrons. The van der Waals surface area contributed by atoms with Gasteiger partial charge in [0.1, 0.15) is 0 Å². The van der Waals surface area contributed by atoms with Gasteiger partial charge in [-0.05, 0) is 33.1 Å². The number of hydrogen-bond acceptors (Lipinski definition) is 3. The van der Waals surface area contributed by atoms with Crippen LogP contribution < -0.4 is 5.32 Å². The molecular weight excluding hydrogens is 218 g/mol. The van der Waals surface area contributed by atoms with Gasteiger partial charge in [0.15, 0.2) is 0 Å². The van der Waals surface area contributed by atoms with E-state index in [1.807, 2.05) is 11.8 Å². The Morgan fingerprint density at radius 3 is 2.81 bits per heavy atom. The normalized spacial score (nSPS) is 23.6. The van der Waals surface area contributed by atoms with Crippen LogP contribution in [-0.2, 0) is 4.74 Å². The minimum Gasteiger partial charge on any atom is -0.377 e. The Balaban J connectivity index is 2.08. The molecule has 2 unspecified atom stereocenters. The monoisotopic (exact) mass is 245 g/mol. The fourth-order valence-electron chi connectivity index (χ4n) is 1.65. The maximum absolute atomic E-state index is 5.63. The number of nitrogens with one attached hydrogen (secondary N) is 1. The molecule has 1 aliphatic rings. The molecule has 2 nitrogen and oxygen atoms in total. The van der Waals surface area contributed by atoms with Crippen molar-refractivity contribution in [3.05, 3.63) is 0 Å². The molecule has 0 aromatic carbocycles. The predicted octanol–water partition coefficient (Wildman–Crippen LogP) is 3.07. The summed E-state index contributed by atoms with van der Waals surface area (Å²) in [7, 11) is 0. The van der Waals surface area contributed by atoms with Crippen LogP contribution in [-0.4, -0.2) is 35.8 Å². The molecule has 1 heterocycles. The highest BCUT2D eigenvalue weighted by Gasteiger charge is 2.18. The Bertz CT molecular complexity index is 190. The molecule has 1 N–H and O–H groups in total. The third-order valence-corrected chi connectivity index (χ3v) is 4.64. The first-order valence-electron chi connectivity index (χ1n) is 6.52. The van der Waals surface area contributed by atoms with Gasteiger partial charge in [-0.3, -0.25) is 0 Å². The van der Waals surface area contributed by atoms with Gasteiger partial charge in [-0.15, -0.1) is 0 Å². The van der Waals surface area contributed by atoms with Crippen molar-refractivity contribution in [2.75, 3.05) is 18.9 Å². The highest BCUT2D eigenvalue weighted by atomic mass is 32.2. The minimum absolute atomic E-state index is 0.276. The van der Waals surface area contributed by atoms with Crippen molar-refractivity contribution >= 4 is 11.8 Å². The van der Waals surface area contributed by atoms with E-state index in [1.54, 1.807) is 0 Å². The van der Waals surface area contributed by atoms with Crippen LogP contribution in [0, 0.1) is 0 Å². The largest absolute Gasteiger partial charge is 0.377 e. The Hall–Kier alpha value is 0.270. The molecule has 0 aromatic heterocycles. The highest BCUT2D eigenvalue weighted by Crippen LogP contribution is 2.20. The van der Waals surface area contributed by atoms with E-state index in [-0.39, 0.29) is 5.54 Å². The van der Waals surface area contributed by atoms with Crippen LogP contribution >= 0.6 is 11.8 Å². The van der Waals surface area contributed by atoms with Crippen LogP contribution in [0.3, 0.4) is 0 Å². The van der Waals surface area contributed by atoms with Gasteiger partial charge >= 0.3 is 0 Å². The molecule has 3 heteroatoms. The molecule has 0 aliphatic carbocycles. The Morgan fingerprint density at radius 1 is 1.50 bits per heavy atom. The number of thioether (sulfide) groups is 1. The average molecular weight is 245 g/mol. The van der Waals surface area contributed by atoms with Gasteiger partial charge in [-0.1, -0.05) is 13.8 Å². The summed E-state index contributed by atoms with van der Waals surface area (Å²) in [5, 5.41) is 4.30. The average Bonchev–Trinajstić information content (AvgIpc) is 2.76. The lowest BCUT2D eigenvalue weighted by atomic mass is 10.0. The molecule has 0 bridgehead atoms. The number of rotatable bonds is 7. The van der Waals surface area contributed by atoms with Crippen molar-refractivity contribution in [2.24, 2.45) is 0 Å². The van der Waals surface area contributed by atoms with Crippen LogP contribution in [0.25, 0.3) is 0 Å². The summed E-state index contributed by atoms with van der Waals surface area (Å²) < 4.78 is 5.63. The topological polar surface area (TPSA) is 21.3 Å². The summed E-state index contributed by atoms with van der Waals surface area (Å²) >= 11 is 2.04. The Morgan fingerprint density at radius 2 is 2.25 bits per heavy atom. The van der Waals surface area contributed by atoms with Crippen molar-refractivity contribution in [1.29, 1.82) is 0 Å². The molecule has 16 heavy (non-hydrogen) atoms. The zero-order chi connectivity index (χ0) is 12.0. The third kappa shape index (κ3) is 5.55. The fraction of sp³-hybridized carbons (Fsp3) is 1.00. The Kier molecular flexibility index (Phi) is 6.16. The third-order valence-electron chi connectivity index (χ3n) is 3.34. The van der Waals surface area contributed by atoms with E-state index < -0.39 is 0 Å². The predicted molar refractivity (Wildman–Crippen MR) is 73.3 cm³/mol. The van der Waals surface area contributed by atoms with E-state index in [4.69, 9.17) is 4.74 Å². The lowest BCUT2D eigenvalue weighted by Gasteiger charge is -2.26. The summed E-state index contributed by atoms with van der Waals surface area (Å²) in [6.45, 7) is 11.1. The van der Waals surface area contributed by atoms with Crippen LogP contribution in [0.1, 0.15) is 47.0 Å². The second-order valence-corrected chi connectivity index (χ2v) is 6.87. The minimum atomic E-state index is 0.276. The van der Waals surface area contributed by atoms with Gasteiger partial charge in [0, 0.05) is 29.7 Å². The van der Waals surface area contributed by atoms with E-state index in [2.05, 4.69) is 33.0 Å². The van der Waals surface area contributed by atoms with Crippen molar-refractivity contribution in [2.45, 2.75) is 63.9 Å². The summed E-state index contributed by atoms with van der Waals surface area (Å²) in [6.07, 6.45) is 4.21. The molecule has 1 aliphatic heterocycles. The first-order chi connectivity index (χ1) is 7.53.